The molecule has 2 N–H and O–H groups in total. The average molecular weight is 237 g/mol. The lowest BCUT2D eigenvalue weighted by atomic mass is 10.3. The van der Waals surface area contributed by atoms with E-state index in [0.717, 1.165) is 25.6 Å². The summed E-state index contributed by atoms with van der Waals surface area (Å²) in [4.78, 5) is 5.83. The van der Waals surface area contributed by atoms with Crippen molar-refractivity contribution in [3.8, 4) is 0 Å². The number of rotatable bonds is 5. The van der Waals surface area contributed by atoms with Crippen LogP contribution in [-0.2, 0) is 6.54 Å². The molecule has 1 aromatic rings. The summed E-state index contributed by atoms with van der Waals surface area (Å²) >= 11 is 1.75. The lowest BCUT2D eigenvalue weighted by molar-refractivity contribution is 0.862. The van der Waals surface area contributed by atoms with Gasteiger partial charge in [-0.1, -0.05) is 6.08 Å². The Hall–Kier alpha value is -1.29. The Labute approximate surface area is 101 Å². The lowest BCUT2D eigenvalue weighted by Gasteiger charge is -2.08. The fraction of sp³-hybridized carbons (Fsp3) is 0.417. The van der Waals surface area contributed by atoms with Gasteiger partial charge in [-0.05, 0) is 30.9 Å². The summed E-state index contributed by atoms with van der Waals surface area (Å²) in [5, 5.41) is 8.47. The summed E-state index contributed by atoms with van der Waals surface area (Å²) in [6, 6.07) is 2.12. The van der Waals surface area contributed by atoms with Crippen LogP contribution in [0.15, 0.2) is 29.1 Å². The van der Waals surface area contributed by atoms with Gasteiger partial charge in [0.05, 0.1) is 6.54 Å². The number of nitrogens with zero attached hydrogens (tertiary/aromatic N) is 1. The second kappa shape index (κ2) is 7.06. The van der Waals surface area contributed by atoms with Crippen LogP contribution in [0.1, 0.15) is 17.4 Å². The Morgan fingerprint density at radius 2 is 2.38 bits per heavy atom. The lowest BCUT2D eigenvalue weighted by Crippen LogP contribution is -2.37. The third-order valence-corrected chi connectivity index (χ3v) is 3.11. The molecule has 1 aromatic heterocycles. The molecule has 1 rings (SSSR count). The highest BCUT2D eigenvalue weighted by atomic mass is 32.1. The van der Waals surface area contributed by atoms with Crippen molar-refractivity contribution in [2.45, 2.75) is 20.4 Å². The monoisotopic (exact) mass is 237 g/mol. The Morgan fingerprint density at radius 1 is 1.56 bits per heavy atom. The molecule has 0 aromatic carbocycles. The van der Waals surface area contributed by atoms with Crippen LogP contribution in [0.5, 0.6) is 0 Å². The van der Waals surface area contributed by atoms with E-state index in [2.05, 4.69) is 47.5 Å². The minimum atomic E-state index is 0.731. The fourth-order valence-electron chi connectivity index (χ4n) is 1.23. The molecule has 4 heteroatoms. The molecule has 0 aliphatic heterocycles. The summed E-state index contributed by atoms with van der Waals surface area (Å²) in [5.74, 6) is 0.843. The van der Waals surface area contributed by atoms with E-state index >= 15 is 0 Å². The smallest absolute Gasteiger partial charge is 0.191 e. The van der Waals surface area contributed by atoms with Gasteiger partial charge in [-0.25, -0.2) is 4.99 Å². The first-order chi connectivity index (χ1) is 7.77. The molecule has 88 valence electrons. The third-order valence-electron chi connectivity index (χ3n) is 2.11. The summed E-state index contributed by atoms with van der Waals surface area (Å²) in [6.45, 7) is 10.2. The van der Waals surface area contributed by atoms with Gasteiger partial charge in [-0.2, -0.15) is 0 Å². The van der Waals surface area contributed by atoms with Crippen LogP contribution in [0.4, 0.5) is 0 Å². The van der Waals surface area contributed by atoms with Crippen molar-refractivity contribution in [1.82, 2.24) is 10.6 Å². The molecule has 16 heavy (non-hydrogen) atoms. The minimum absolute atomic E-state index is 0.731. The van der Waals surface area contributed by atoms with E-state index in [-0.39, 0.29) is 0 Å². The molecule has 0 amide bonds. The Kier molecular flexibility index (Phi) is 5.64. The summed E-state index contributed by atoms with van der Waals surface area (Å²) < 4.78 is 0. The van der Waals surface area contributed by atoms with Gasteiger partial charge in [0.2, 0.25) is 0 Å². The molecular formula is C12H19N3S. The SMILES string of the molecule is C=CCNC(=NCc1sccc1C)NCC. The van der Waals surface area contributed by atoms with E-state index in [1.165, 1.54) is 10.4 Å². The van der Waals surface area contributed by atoms with E-state index in [1.807, 2.05) is 6.08 Å². The van der Waals surface area contributed by atoms with E-state index in [0.29, 0.717) is 0 Å². The van der Waals surface area contributed by atoms with Gasteiger partial charge < -0.3 is 10.6 Å². The van der Waals surface area contributed by atoms with Crippen LogP contribution in [-0.4, -0.2) is 19.0 Å². The molecule has 0 atom stereocenters. The highest BCUT2D eigenvalue weighted by Gasteiger charge is 1.99. The number of guanidine groups is 1. The first-order valence-corrected chi connectivity index (χ1v) is 6.32. The van der Waals surface area contributed by atoms with Crippen LogP contribution in [0.3, 0.4) is 0 Å². The molecule has 0 bridgehead atoms. The maximum absolute atomic E-state index is 4.51. The van der Waals surface area contributed by atoms with E-state index in [4.69, 9.17) is 0 Å². The Morgan fingerprint density at radius 3 is 2.94 bits per heavy atom. The summed E-state index contributed by atoms with van der Waals surface area (Å²) in [5.41, 5.74) is 1.31. The number of aryl methyl sites for hydroxylation is 1. The molecule has 0 fully saturated rings. The molecule has 0 saturated heterocycles. The first-order valence-electron chi connectivity index (χ1n) is 5.44. The first kappa shape index (κ1) is 12.8. The predicted octanol–water partition coefficient (Wildman–Crippen LogP) is 2.30. The largest absolute Gasteiger partial charge is 0.357 e. The summed E-state index contributed by atoms with van der Waals surface area (Å²) in [6.07, 6.45) is 1.82. The zero-order valence-electron chi connectivity index (χ0n) is 9.92. The number of aliphatic imine (C=N–C) groups is 1. The van der Waals surface area contributed by atoms with E-state index in [9.17, 15) is 0 Å². The van der Waals surface area contributed by atoms with Crippen molar-refractivity contribution in [3.63, 3.8) is 0 Å². The van der Waals surface area contributed by atoms with Crippen LogP contribution in [0, 0.1) is 6.92 Å². The van der Waals surface area contributed by atoms with Gasteiger partial charge in [0.1, 0.15) is 0 Å². The maximum Gasteiger partial charge on any atom is 0.191 e. The van der Waals surface area contributed by atoms with Crippen molar-refractivity contribution >= 4 is 17.3 Å². The number of hydrogen-bond donors (Lipinski definition) is 2. The molecular weight excluding hydrogens is 218 g/mol. The molecule has 1 heterocycles. The van der Waals surface area contributed by atoms with E-state index in [1.54, 1.807) is 11.3 Å². The van der Waals surface area contributed by atoms with Gasteiger partial charge in [0.25, 0.3) is 0 Å². The van der Waals surface area contributed by atoms with Gasteiger partial charge >= 0.3 is 0 Å². The zero-order chi connectivity index (χ0) is 11.8. The number of nitrogens with one attached hydrogen (secondary N) is 2. The highest BCUT2D eigenvalue weighted by Crippen LogP contribution is 2.16. The van der Waals surface area contributed by atoms with Crippen molar-refractivity contribution in [2.24, 2.45) is 4.99 Å². The van der Waals surface area contributed by atoms with Crippen LogP contribution in [0.25, 0.3) is 0 Å². The normalized spacial score (nSPS) is 11.2. The molecule has 0 unspecified atom stereocenters. The van der Waals surface area contributed by atoms with Crippen molar-refractivity contribution in [2.75, 3.05) is 13.1 Å². The van der Waals surface area contributed by atoms with Crippen LogP contribution < -0.4 is 10.6 Å². The summed E-state index contributed by atoms with van der Waals surface area (Å²) in [7, 11) is 0. The third kappa shape index (κ3) is 4.06. The molecule has 0 aliphatic carbocycles. The minimum Gasteiger partial charge on any atom is -0.357 e. The maximum atomic E-state index is 4.51. The Bertz CT molecular complexity index is 355. The van der Waals surface area contributed by atoms with E-state index < -0.39 is 0 Å². The average Bonchev–Trinajstić information content (AvgIpc) is 2.68. The van der Waals surface area contributed by atoms with Crippen LogP contribution >= 0.6 is 11.3 Å². The van der Waals surface area contributed by atoms with Gasteiger partial charge in [0, 0.05) is 18.0 Å². The van der Waals surface area contributed by atoms with Crippen LogP contribution in [0.2, 0.25) is 0 Å². The topological polar surface area (TPSA) is 36.4 Å². The molecule has 3 nitrogen and oxygen atoms in total. The van der Waals surface area contributed by atoms with Crippen molar-refractivity contribution < 1.29 is 0 Å². The molecule has 0 aliphatic rings. The van der Waals surface area contributed by atoms with Crippen molar-refractivity contribution in [1.29, 1.82) is 0 Å². The quantitative estimate of drug-likeness (QED) is 0.468. The zero-order valence-corrected chi connectivity index (χ0v) is 10.7. The van der Waals surface area contributed by atoms with Gasteiger partial charge in [-0.15, -0.1) is 17.9 Å². The highest BCUT2D eigenvalue weighted by molar-refractivity contribution is 7.10. The number of hydrogen-bond acceptors (Lipinski definition) is 2. The standard InChI is InChI=1S/C12H19N3S/c1-4-7-14-12(13-5-2)15-9-11-10(3)6-8-16-11/h4,6,8H,1,5,7,9H2,2-3H3,(H2,13,14,15). The second-order valence-corrected chi connectivity index (χ2v) is 4.39. The van der Waals surface area contributed by atoms with Gasteiger partial charge in [0.15, 0.2) is 5.96 Å². The fourth-order valence-corrected chi connectivity index (χ4v) is 2.06. The number of thiophene rings is 1. The molecule has 0 radical (unpaired) electrons. The molecule has 0 saturated carbocycles. The molecule has 0 spiro atoms. The predicted molar refractivity (Wildman–Crippen MR) is 72.1 cm³/mol. The second-order valence-electron chi connectivity index (χ2n) is 3.39. The van der Waals surface area contributed by atoms with Gasteiger partial charge in [-0.3, -0.25) is 0 Å². The van der Waals surface area contributed by atoms with Crippen molar-refractivity contribution in [3.05, 3.63) is 34.5 Å². The Balaban J connectivity index is 2.56.